The maximum Gasteiger partial charge on any atom is 0.227 e. The summed E-state index contributed by atoms with van der Waals surface area (Å²) >= 11 is 0. The lowest BCUT2D eigenvalue weighted by Crippen LogP contribution is -2.43. The third-order valence-corrected chi connectivity index (χ3v) is 5.48. The first-order valence-electron chi connectivity index (χ1n) is 9.21. The van der Waals surface area contributed by atoms with Crippen molar-refractivity contribution in [3.05, 3.63) is 47.0 Å². The zero-order valence-electron chi connectivity index (χ0n) is 16.1. The third kappa shape index (κ3) is 4.68. The largest absolute Gasteiger partial charge is 0.342 e. The Morgan fingerprint density at radius 3 is 2.41 bits per heavy atom. The topological polar surface area (TPSA) is 64.2 Å². The van der Waals surface area contributed by atoms with E-state index >= 15 is 0 Å². The van der Waals surface area contributed by atoms with Crippen LogP contribution in [0.15, 0.2) is 24.3 Å². The Hall–Kier alpha value is -1.92. The molecule has 2 aromatic rings. The average molecular weight is 395 g/mol. The molecule has 0 bridgehead atoms. The van der Waals surface area contributed by atoms with Gasteiger partial charge in [-0.3, -0.25) is 4.79 Å². The van der Waals surface area contributed by atoms with Crippen LogP contribution < -0.4 is 5.73 Å². The Morgan fingerprint density at radius 1 is 1.26 bits per heavy atom. The standard InChI is InChI=1S/C20H27FN4O.ClH/c1-13(22)16-8-10-24(11-9-16)20(26)12-19-14(2)23-25(15(19)3)18-6-4-17(21)5-7-18;/h4-7,13,16H,8-12,22H2,1-3H3;1H. The monoisotopic (exact) mass is 394 g/mol. The van der Waals surface area contributed by atoms with Crippen LogP contribution in [-0.2, 0) is 11.2 Å². The number of piperidine rings is 1. The molecule has 0 saturated carbocycles. The van der Waals surface area contributed by atoms with E-state index in [1.165, 1.54) is 12.1 Å². The van der Waals surface area contributed by atoms with Gasteiger partial charge in [0.05, 0.1) is 17.8 Å². The van der Waals surface area contributed by atoms with Gasteiger partial charge in [-0.1, -0.05) is 0 Å². The fourth-order valence-corrected chi connectivity index (χ4v) is 3.70. The molecule has 1 aliphatic heterocycles. The molecule has 1 saturated heterocycles. The molecular formula is C20H28ClFN4O. The maximum absolute atomic E-state index is 13.2. The number of nitrogens with two attached hydrogens (primary N) is 1. The summed E-state index contributed by atoms with van der Waals surface area (Å²) in [6.07, 6.45) is 2.29. The van der Waals surface area contributed by atoms with Crippen molar-refractivity contribution in [1.82, 2.24) is 14.7 Å². The van der Waals surface area contributed by atoms with Crippen molar-refractivity contribution in [2.45, 2.75) is 46.1 Å². The van der Waals surface area contributed by atoms with Gasteiger partial charge in [0, 0.05) is 30.4 Å². The van der Waals surface area contributed by atoms with Gasteiger partial charge in [-0.15, -0.1) is 12.4 Å². The number of hydrogen-bond acceptors (Lipinski definition) is 3. The summed E-state index contributed by atoms with van der Waals surface area (Å²) in [7, 11) is 0. The molecule has 5 nitrogen and oxygen atoms in total. The first-order chi connectivity index (χ1) is 12.4. The summed E-state index contributed by atoms with van der Waals surface area (Å²) in [6.45, 7) is 7.45. The number of aromatic nitrogens is 2. The Balaban J connectivity index is 0.00000261. The molecule has 1 aromatic carbocycles. The molecule has 1 atom stereocenters. The molecule has 3 rings (SSSR count). The van der Waals surface area contributed by atoms with E-state index < -0.39 is 0 Å². The van der Waals surface area contributed by atoms with Gasteiger partial charge >= 0.3 is 0 Å². The number of carbonyl (C=O) groups excluding carboxylic acids is 1. The predicted octanol–water partition coefficient (Wildman–Crippen LogP) is 3.18. The Bertz CT molecular complexity index is 780. The van der Waals surface area contributed by atoms with Crippen molar-refractivity contribution in [2.24, 2.45) is 11.7 Å². The highest BCUT2D eigenvalue weighted by molar-refractivity contribution is 5.85. The van der Waals surface area contributed by atoms with E-state index in [1.54, 1.807) is 16.8 Å². The molecule has 1 fully saturated rings. The normalized spacial score (nSPS) is 16.1. The van der Waals surface area contributed by atoms with Crippen molar-refractivity contribution >= 4 is 18.3 Å². The Kier molecular flexibility index (Phi) is 7.00. The van der Waals surface area contributed by atoms with Gasteiger partial charge in [-0.05, 0) is 63.8 Å². The number of benzene rings is 1. The number of amides is 1. The molecular weight excluding hydrogens is 367 g/mol. The number of rotatable bonds is 4. The molecule has 7 heteroatoms. The summed E-state index contributed by atoms with van der Waals surface area (Å²) in [6, 6.07) is 6.40. The summed E-state index contributed by atoms with van der Waals surface area (Å²) in [5.41, 5.74) is 9.49. The summed E-state index contributed by atoms with van der Waals surface area (Å²) in [5, 5.41) is 4.55. The van der Waals surface area contributed by atoms with Crippen molar-refractivity contribution in [3.63, 3.8) is 0 Å². The second-order valence-electron chi connectivity index (χ2n) is 7.29. The zero-order chi connectivity index (χ0) is 18.8. The van der Waals surface area contributed by atoms with E-state index in [0.29, 0.717) is 12.3 Å². The van der Waals surface area contributed by atoms with Crippen LogP contribution in [0.4, 0.5) is 4.39 Å². The number of likely N-dealkylation sites (tertiary alicyclic amines) is 1. The van der Waals surface area contributed by atoms with E-state index in [1.807, 2.05) is 25.7 Å². The number of nitrogens with zero attached hydrogens (tertiary/aromatic N) is 3. The minimum absolute atomic E-state index is 0. The van der Waals surface area contributed by atoms with Gasteiger partial charge in [0.2, 0.25) is 5.91 Å². The van der Waals surface area contributed by atoms with Crippen molar-refractivity contribution < 1.29 is 9.18 Å². The van der Waals surface area contributed by atoms with Crippen LogP contribution in [-0.4, -0.2) is 39.7 Å². The molecule has 2 heterocycles. The van der Waals surface area contributed by atoms with Crippen LogP contribution in [0, 0.1) is 25.6 Å². The minimum atomic E-state index is -0.277. The summed E-state index contributed by atoms with van der Waals surface area (Å²) < 4.78 is 14.9. The predicted molar refractivity (Wildman–Crippen MR) is 107 cm³/mol. The zero-order valence-corrected chi connectivity index (χ0v) is 16.9. The molecule has 1 unspecified atom stereocenters. The van der Waals surface area contributed by atoms with Crippen molar-refractivity contribution in [3.8, 4) is 5.69 Å². The third-order valence-electron chi connectivity index (χ3n) is 5.48. The number of halogens is 2. The maximum atomic E-state index is 13.2. The summed E-state index contributed by atoms with van der Waals surface area (Å²) in [4.78, 5) is 14.7. The first-order valence-corrected chi connectivity index (χ1v) is 9.21. The van der Waals surface area contributed by atoms with Crippen LogP contribution in [0.3, 0.4) is 0 Å². The SMILES string of the molecule is Cc1nn(-c2ccc(F)cc2)c(C)c1CC(=O)N1CCC(C(C)N)CC1.Cl. The van der Waals surface area contributed by atoms with E-state index in [9.17, 15) is 9.18 Å². The molecule has 0 spiro atoms. The Labute approximate surface area is 166 Å². The van der Waals surface area contributed by atoms with Gasteiger partial charge in [-0.25, -0.2) is 9.07 Å². The fourth-order valence-electron chi connectivity index (χ4n) is 3.70. The van der Waals surface area contributed by atoms with Gasteiger partial charge < -0.3 is 10.6 Å². The molecule has 1 amide bonds. The van der Waals surface area contributed by atoms with Crippen LogP contribution in [0.2, 0.25) is 0 Å². The molecule has 1 aromatic heterocycles. The van der Waals surface area contributed by atoms with Gasteiger partial charge in [0.25, 0.3) is 0 Å². The number of aryl methyl sites for hydroxylation is 1. The van der Waals surface area contributed by atoms with Gasteiger partial charge in [-0.2, -0.15) is 5.10 Å². The summed E-state index contributed by atoms with van der Waals surface area (Å²) in [5.74, 6) is 0.364. The lowest BCUT2D eigenvalue weighted by atomic mass is 9.90. The molecule has 27 heavy (non-hydrogen) atoms. The first kappa shape index (κ1) is 21.4. The lowest BCUT2D eigenvalue weighted by molar-refractivity contribution is -0.131. The molecule has 0 radical (unpaired) electrons. The molecule has 1 aliphatic rings. The van der Waals surface area contributed by atoms with Crippen molar-refractivity contribution in [1.29, 1.82) is 0 Å². The lowest BCUT2D eigenvalue weighted by Gasteiger charge is -2.33. The van der Waals surface area contributed by atoms with E-state index in [0.717, 1.165) is 48.6 Å². The van der Waals surface area contributed by atoms with E-state index in [2.05, 4.69) is 5.10 Å². The fraction of sp³-hybridized carbons (Fsp3) is 0.500. The van der Waals surface area contributed by atoms with Gasteiger partial charge in [0.15, 0.2) is 0 Å². The van der Waals surface area contributed by atoms with E-state index in [4.69, 9.17) is 5.73 Å². The highest BCUT2D eigenvalue weighted by Gasteiger charge is 2.26. The van der Waals surface area contributed by atoms with Crippen LogP contribution in [0.1, 0.15) is 36.7 Å². The average Bonchev–Trinajstić information content (AvgIpc) is 2.90. The van der Waals surface area contributed by atoms with Gasteiger partial charge in [0.1, 0.15) is 5.82 Å². The highest BCUT2D eigenvalue weighted by atomic mass is 35.5. The quantitative estimate of drug-likeness (QED) is 0.866. The van der Waals surface area contributed by atoms with Crippen LogP contribution >= 0.6 is 12.4 Å². The second kappa shape index (κ2) is 8.85. The highest BCUT2D eigenvalue weighted by Crippen LogP contribution is 2.23. The van der Waals surface area contributed by atoms with E-state index in [-0.39, 0.29) is 30.2 Å². The number of carbonyl (C=O) groups is 1. The number of hydrogen-bond donors (Lipinski definition) is 1. The van der Waals surface area contributed by atoms with Crippen LogP contribution in [0.5, 0.6) is 0 Å². The minimum Gasteiger partial charge on any atom is -0.342 e. The smallest absolute Gasteiger partial charge is 0.227 e. The van der Waals surface area contributed by atoms with Crippen molar-refractivity contribution in [2.75, 3.05) is 13.1 Å². The molecule has 0 aliphatic carbocycles. The molecule has 2 N–H and O–H groups in total. The molecule has 148 valence electrons. The van der Waals surface area contributed by atoms with Crippen LogP contribution in [0.25, 0.3) is 5.69 Å². The Morgan fingerprint density at radius 2 is 1.85 bits per heavy atom. The second-order valence-corrected chi connectivity index (χ2v) is 7.29.